The van der Waals surface area contributed by atoms with E-state index in [1.165, 1.54) is 6.07 Å². The lowest BCUT2D eigenvalue weighted by Gasteiger charge is -1.99. The van der Waals surface area contributed by atoms with Gasteiger partial charge in [-0.05, 0) is 28.1 Å². The van der Waals surface area contributed by atoms with Crippen LogP contribution in [0.5, 0.6) is 0 Å². The Kier molecular flexibility index (Phi) is 2.63. The second-order valence-corrected chi connectivity index (χ2v) is 4.68. The topological polar surface area (TPSA) is 72.0 Å². The third-order valence-electron chi connectivity index (χ3n) is 0.922. The van der Waals surface area contributed by atoms with Crippen LogP contribution in [0, 0.1) is 0 Å². The summed E-state index contributed by atoms with van der Waals surface area (Å²) in [5, 5.41) is 7.18. The van der Waals surface area contributed by atoms with Gasteiger partial charge in [0.05, 0.1) is 6.26 Å². The van der Waals surface area contributed by atoms with Crippen molar-refractivity contribution in [2.24, 2.45) is 0 Å². The van der Waals surface area contributed by atoms with Crippen LogP contribution in [0.3, 0.4) is 0 Å². The summed E-state index contributed by atoms with van der Waals surface area (Å²) in [6.45, 7) is 0. The Balaban J connectivity index is 2.85. The van der Waals surface area contributed by atoms with E-state index >= 15 is 0 Å². The van der Waals surface area contributed by atoms with Crippen molar-refractivity contribution in [2.45, 2.75) is 0 Å². The lowest BCUT2D eigenvalue weighted by molar-refractivity contribution is 0.606. The van der Waals surface area contributed by atoms with E-state index in [9.17, 15) is 8.42 Å². The predicted molar refractivity (Wildman–Crippen MR) is 48.2 cm³/mol. The zero-order chi connectivity index (χ0) is 9.19. The van der Waals surface area contributed by atoms with E-state index in [1.54, 1.807) is 6.07 Å². The molecule has 0 fully saturated rings. The van der Waals surface area contributed by atoms with Crippen LogP contribution in [0.25, 0.3) is 0 Å². The number of nitrogens with zero attached hydrogens (tertiary/aromatic N) is 2. The molecule has 7 heteroatoms. The Hall–Kier alpha value is -0.690. The molecule has 1 rings (SSSR count). The number of halogens is 1. The minimum absolute atomic E-state index is 0.209. The third-order valence-corrected chi connectivity index (χ3v) is 1.92. The zero-order valence-electron chi connectivity index (χ0n) is 6.15. The minimum Gasteiger partial charge on any atom is -0.266 e. The van der Waals surface area contributed by atoms with Gasteiger partial charge in [0.2, 0.25) is 10.0 Å². The molecule has 1 aromatic heterocycles. The monoisotopic (exact) mass is 251 g/mol. The molecule has 0 aliphatic carbocycles. The summed E-state index contributed by atoms with van der Waals surface area (Å²) >= 11 is 3.07. The summed E-state index contributed by atoms with van der Waals surface area (Å²) in [7, 11) is -3.26. The quantitative estimate of drug-likeness (QED) is 0.837. The molecule has 0 aliphatic heterocycles. The molecule has 0 radical (unpaired) electrons. The maximum atomic E-state index is 10.7. The first-order valence-corrected chi connectivity index (χ1v) is 5.63. The summed E-state index contributed by atoms with van der Waals surface area (Å²) in [4.78, 5) is 0. The summed E-state index contributed by atoms with van der Waals surface area (Å²) in [6, 6.07) is 3.11. The average Bonchev–Trinajstić information content (AvgIpc) is 1.91. The number of aromatic nitrogens is 2. The number of hydrogen-bond acceptors (Lipinski definition) is 4. The summed E-state index contributed by atoms with van der Waals surface area (Å²) in [5.41, 5.74) is 0. The Morgan fingerprint density at radius 2 is 2.08 bits per heavy atom. The molecular formula is C5H6BrN3O2S. The molecule has 0 aromatic carbocycles. The van der Waals surface area contributed by atoms with Crippen LogP contribution in [0.4, 0.5) is 5.82 Å². The van der Waals surface area contributed by atoms with Crippen LogP contribution in [0.15, 0.2) is 16.7 Å². The third kappa shape index (κ3) is 3.14. The van der Waals surface area contributed by atoms with Gasteiger partial charge in [0.15, 0.2) is 5.82 Å². The van der Waals surface area contributed by atoms with Gasteiger partial charge in [0.25, 0.3) is 0 Å². The molecule has 0 atom stereocenters. The molecule has 12 heavy (non-hydrogen) atoms. The zero-order valence-corrected chi connectivity index (χ0v) is 8.55. The summed E-state index contributed by atoms with van der Waals surface area (Å²) < 4.78 is 24.1. The summed E-state index contributed by atoms with van der Waals surface area (Å²) in [5.74, 6) is 0.209. The van der Waals surface area contributed by atoms with Gasteiger partial charge in [-0.2, -0.15) is 0 Å². The first-order valence-electron chi connectivity index (χ1n) is 2.94. The van der Waals surface area contributed by atoms with Gasteiger partial charge < -0.3 is 0 Å². The van der Waals surface area contributed by atoms with Crippen molar-refractivity contribution >= 4 is 31.8 Å². The number of anilines is 1. The highest BCUT2D eigenvalue weighted by molar-refractivity contribution is 9.10. The fourth-order valence-corrected chi connectivity index (χ4v) is 1.26. The summed E-state index contributed by atoms with van der Waals surface area (Å²) in [6.07, 6.45) is 1.05. The van der Waals surface area contributed by atoms with E-state index in [0.717, 1.165) is 6.26 Å². The Bertz CT molecular complexity index is 361. The van der Waals surface area contributed by atoms with Gasteiger partial charge in [0, 0.05) is 0 Å². The van der Waals surface area contributed by atoms with Crippen LogP contribution in [0.1, 0.15) is 0 Å². The molecule has 0 amide bonds. The number of hydrogen-bond donors (Lipinski definition) is 1. The second-order valence-electron chi connectivity index (χ2n) is 2.12. The van der Waals surface area contributed by atoms with Crippen molar-refractivity contribution in [1.82, 2.24) is 10.2 Å². The number of rotatable bonds is 2. The second kappa shape index (κ2) is 3.36. The standard InChI is InChI=1S/C5H6BrN3O2S/c1-12(10,11)9-5-3-2-4(6)7-8-5/h2-3H,1H3,(H,8,9). The fourth-order valence-electron chi connectivity index (χ4n) is 0.560. The molecule has 1 heterocycles. The molecule has 1 N–H and O–H groups in total. The van der Waals surface area contributed by atoms with Gasteiger partial charge >= 0.3 is 0 Å². The number of sulfonamides is 1. The molecule has 0 saturated heterocycles. The van der Waals surface area contributed by atoms with E-state index in [-0.39, 0.29) is 5.82 Å². The van der Waals surface area contributed by atoms with Gasteiger partial charge in [-0.15, -0.1) is 10.2 Å². The van der Waals surface area contributed by atoms with Crippen molar-refractivity contribution in [3.63, 3.8) is 0 Å². The van der Waals surface area contributed by atoms with Crippen LogP contribution in [-0.4, -0.2) is 24.9 Å². The van der Waals surface area contributed by atoms with E-state index in [2.05, 4.69) is 30.8 Å². The Morgan fingerprint density at radius 3 is 2.50 bits per heavy atom. The van der Waals surface area contributed by atoms with Crippen LogP contribution in [-0.2, 0) is 10.0 Å². The molecule has 0 bridgehead atoms. The van der Waals surface area contributed by atoms with Gasteiger partial charge in [0.1, 0.15) is 4.60 Å². The molecule has 0 unspecified atom stereocenters. The van der Waals surface area contributed by atoms with E-state index in [0.29, 0.717) is 4.60 Å². The van der Waals surface area contributed by atoms with Crippen LogP contribution >= 0.6 is 15.9 Å². The average molecular weight is 252 g/mol. The van der Waals surface area contributed by atoms with E-state index in [1.807, 2.05) is 0 Å². The lowest BCUT2D eigenvalue weighted by Crippen LogP contribution is -2.11. The van der Waals surface area contributed by atoms with E-state index in [4.69, 9.17) is 0 Å². The van der Waals surface area contributed by atoms with Crippen LogP contribution in [0.2, 0.25) is 0 Å². The number of nitrogens with one attached hydrogen (secondary N) is 1. The van der Waals surface area contributed by atoms with Gasteiger partial charge in [-0.1, -0.05) is 0 Å². The smallest absolute Gasteiger partial charge is 0.231 e. The Labute approximate surface area is 78.4 Å². The molecule has 5 nitrogen and oxygen atoms in total. The van der Waals surface area contributed by atoms with Crippen molar-refractivity contribution in [3.8, 4) is 0 Å². The molecule has 0 aliphatic rings. The van der Waals surface area contributed by atoms with Gasteiger partial charge in [-0.25, -0.2) is 8.42 Å². The van der Waals surface area contributed by atoms with Crippen molar-refractivity contribution in [3.05, 3.63) is 16.7 Å². The highest BCUT2D eigenvalue weighted by atomic mass is 79.9. The largest absolute Gasteiger partial charge is 0.266 e. The SMILES string of the molecule is CS(=O)(=O)Nc1ccc(Br)nn1. The van der Waals surface area contributed by atoms with Crippen molar-refractivity contribution in [1.29, 1.82) is 0 Å². The fraction of sp³-hybridized carbons (Fsp3) is 0.200. The molecule has 66 valence electrons. The van der Waals surface area contributed by atoms with E-state index < -0.39 is 10.0 Å². The lowest BCUT2D eigenvalue weighted by atomic mass is 10.6. The maximum absolute atomic E-state index is 10.7. The first-order chi connectivity index (χ1) is 5.47. The predicted octanol–water partition coefficient (Wildman–Crippen LogP) is 0.611. The molecule has 0 saturated carbocycles. The van der Waals surface area contributed by atoms with Crippen molar-refractivity contribution < 1.29 is 8.42 Å². The minimum atomic E-state index is -3.26. The maximum Gasteiger partial charge on any atom is 0.231 e. The highest BCUT2D eigenvalue weighted by Gasteiger charge is 2.02. The normalized spacial score (nSPS) is 11.2. The van der Waals surface area contributed by atoms with Gasteiger partial charge in [-0.3, -0.25) is 4.72 Å². The molecule has 0 spiro atoms. The van der Waals surface area contributed by atoms with Crippen molar-refractivity contribution in [2.75, 3.05) is 11.0 Å². The molecular weight excluding hydrogens is 246 g/mol. The van der Waals surface area contributed by atoms with Crippen LogP contribution < -0.4 is 4.72 Å². The highest BCUT2D eigenvalue weighted by Crippen LogP contribution is 2.07. The molecule has 1 aromatic rings. The first kappa shape index (κ1) is 9.40. The Morgan fingerprint density at radius 1 is 1.42 bits per heavy atom.